The van der Waals surface area contributed by atoms with Crippen LogP contribution in [-0.2, 0) is 9.53 Å². The van der Waals surface area contributed by atoms with Crippen LogP contribution in [0.25, 0.3) is 0 Å². The number of likely N-dealkylation sites (N-methyl/N-ethyl adjacent to an activating group) is 1. The van der Waals surface area contributed by atoms with E-state index in [0.717, 1.165) is 19.4 Å². The van der Waals surface area contributed by atoms with E-state index in [0.29, 0.717) is 25.3 Å². The number of hydrogen-bond acceptors (Lipinski definition) is 4. The number of nitrogens with zero attached hydrogens (tertiary/aromatic N) is 2. The number of carbonyl (C=O) groups excluding carboxylic acids is 1. The van der Waals surface area contributed by atoms with Crippen molar-refractivity contribution < 1.29 is 14.7 Å². The predicted molar refractivity (Wildman–Crippen MR) is 70.9 cm³/mol. The zero-order chi connectivity index (χ0) is 14.0. The van der Waals surface area contributed by atoms with Gasteiger partial charge >= 0.3 is 0 Å². The molecule has 3 N–H and O–H groups in total. The van der Waals surface area contributed by atoms with Gasteiger partial charge in [-0.05, 0) is 31.6 Å². The third kappa shape index (κ3) is 2.54. The van der Waals surface area contributed by atoms with Gasteiger partial charge in [-0.25, -0.2) is 0 Å². The number of hydrogen-bond donors (Lipinski definition) is 2. The fourth-order valence-electron chi connectivity index (χ4n) is 3.26. The van der Waals surface area contributed by atoms with Gasteiger partial charge in [0.1, 0.15) is 5.41 Å². The van der Waals surface area contributed by atoms with Crippen molar-refractivity contribution in [2.45, 2.75) is 38.7 Å². The quantitative estimate of drug-likeness (QED) is 0.342. The van der Waals surface area contributed by atoms with E-state index in [1.54, 1.807) is 11.9 Å². The lowest BCUT2D eigenvalue weighted by molar-refractivity contribution is -0.144. The summed E-state index contributed by atoms with van der Waals surface area (Å²) in [6.45, 7) is 3.42. The first-order valence-electron chi connectivity index (χ1n) is 6.85. The zero-order valence-corrected chi connectivity index (χ0v) is 11.6. The Morgan fingerprint density at radius 1 is 1.58 bits per heavy atom. The molecule has 6 heteroatoms. The summed E-state index contributed by atoms with van der Waals surface area (Å²) in [7, 11) is 1.76. The third-order valence-electron chi connectivity index (χ3n) is 4.25. The van der Waals surface area contributed by atoms with Gasteiger partial charge in [0.15, 0.2) is 5.84 Å². The highest BCUT2D eigenvalue weighted by Crippen LogP contribution is 2.47. The summed E-state index contributed by atoms with van der Waals surface area (Å²) in [6, 6.07) is 0. The molecule has 0 radical (unpaired) electrons. The predicted octanol–water partition coefficient (Wildman–Crippen LogP) is 0.787. The maximum Gasteiger partial charge on any atom is 0.236 e. The lowest BCUT2D eigenvalue weighted by Crippen LogP contribution is -2.57. The van der Waals surface area contributed by atoms with Crippen molar-refractivity contribution in [3.8, 4) is 0 Å². The molecule has 0 bridgehead atoms. The lowest BCUT2D eigenvalue weighted by Gasteiger charge is -2.45. The average Bonchev–Trinajstić information content (AvgIpc) is 2.85. The van der Waals surface area contributed by atoms with Crippen molar-refractivity contribution in [2.75, 3.05) is 20.2 Å². The Hall–Kier alpha value is -1.30. The van der Waals surface area contributed by atoms with Gasteiger partial charge in [-0.1, -0.05) is 12.1 Å². The molecule has 1 aliphatic carbocycles. The molecule has 0 aromatic heterocycles. The second-order valence-corrected chi connectivity index (χ2v) is 5.90. The Kier molecular flexibility index (Phi) is 3.99. The van der Waals surface area contributed by atoms with Gasteiger partial charge in [0.2, 0.25) is 5.91 Å². The summed E-state index contributed by atoms with van der Waals surface area (Å²) in [5.41, 5.74) is 4.94. The minimum atomic E-state index is -0.804. The summed E-state index contributed by atoms with van der Waals surface area (Å²) in [4.78, 5) is 14.2. The highest BCUT2D eigenvalue weighted by molar-refractivity contribution is 6.07. The van der Waals surface area contributed by atoms with Crippen LogP contribution in [0.2, 0.25) is 0 Å². The number of ether oxygens (including phenoxy) is 1. The van der Waals surface area contributed by atoms with Crippen LogP contribution in [0.4, 0.5) is 0 Å². The van der Waals surface area contributed by atoms with Gasteiger partial charge in [-0.15, -0.1) is 0 Å². The van der Waals surface area contributed by atoms with Crippen LogP contribution < -0.4 is 5.73 Å². The SMILES string of the molecule is CC1CC(C(=O)N(C)CC2CCCO2)(C(N)=NO)C1. The summed E-state index contributed by atoms with van der Waals surface area (Å²) < 4.78 is 5.54. The second-order valence-electron chi connectivity index (χ2n) is 5.90. The molecule has 1 saturated carbocycles. The molecule has 1 aliphatic heterocycles. The number of oxime groups is 1. The smallest absolute Gasteiger partial charge is 0.236 e. The molecule has 19 heavy (non-hydrogen) atoms. The van der Waals surface area contributed by atoms with Crippen LogP contribution in [0.1, 0.15) is 32.6 Å². The van der Waals surface area contributed by atoms with E-state index in [9.17, 15) is 4.79 Å². The van der Waals surface area contributed by atoms with E-state index in [1.807, 2.05) is 0 Å². The average molecular weight is 269 g/mol. The van der Waals surface area contributed by atoms with E-state index in [-0.39, 0.29) is 17.8 Å². The Labute approximate surface area is 113 Å². The molecule has 0 aromatic rings. The molecule has 0 spiro atoms. The Morgan fingerprint density at radius 2 is 2.26 bits per heavy atom. The molecule has 6 nitrogen and oxygen atoms in total. The van der Waals surface area contributed by atoms with Crippen LogP contribution in [0.15, 0.2) is 5.16 Å². The molecular weight excluding hydrogens is 246 g/mol. The van der Waals surface area contributed by atoms with Crippen molar-refractivity contribution in [1.29, 1.82) is 0 Å². The van der Waals surface area contributed by atoms with Crippen molar-refractivity contribution in [1.82, 2.24) is 4.90 Å². The topological polar surface area (TPSA) is 88.2 Å². The Bertz CT molecular complexity index is 371. The molecule has 1 atom stereocenters. The number of amidine groups is 1. The minimum absolute atomic E-state index is 0.0368. The van der Waals surface area contributed by atoms with Gasteiger partial charge < -0.3 is 20.6 Å². The van der Waals surface area contributed by atoms with Gasteiger partial charge in [-0.3, -0.25) is 4.79 Å². The van der Waals surface area contributed by atoms with E-state index < -0.39 is 5.41 Å². The fraction of sp³-hybridized carbons (Fsp3) is 0.846. The van der Waals surface area contributed by atoms with Crippen LogP contribution in [0, 0.1) is 11.3 Å². The number of carbonyl (C=O) groups is 1. The molecule has 1 heterocycles. The van der Waals surface area contributed by atoms with Gasteiger partial charge in [0.05, 0.1) is 6.10 Å². The highest BCUT2D eigenvalue weighted by atomic mass is 16.5. The highest BCUT2D eigenvalue weighted by Gasteiger charge is 2.53. The summed E-state index contributed by atoms with van der Waals surface area (Å²) in [5, 5.41) is 12.0. The first-order chi connectivity index (χ1) is 8.99. The first-order valence-corrected chi connectivity index (χ1v) is 6.85. The largest absolute Gasteiger partial charge is 0.409 e. The molecule has 108 valence electrons. The van der Waals surface area contributed by atoms with Gasteiger partial charge in [0, 0.05) is 20.2 Å². The standard InChI is InChI=1S/C13H23N3O3/c1-9-6-13(7-9,11(14)15-18)12(17)16(2)8-10-4-3-5-19-10/h9-10,18H,3-8H2,1-2H3,(H2,14,15). The number of rotatable bonds is 4. The van der Waals surface area contributed by atoms with Crippen molar-refractivity contribution in [3.63, 3.8) is 0 Å². The summed E-state index contributed by atoms with van der Waals surface area (Å²) in [5.74, 6) is 0.409. The van der Waals surface area contributed by atoms with Gasteiger partial charge in [-0.2, -0.15) is 0 Å². The van der Waals surface area contributed by atoms with E-state index in [1.165, 1.54) is 0 Å². The monoisotopic (exact) mass is 269 g/mol. The normalized spacial score (nSPS) is 34.9. The summed E-state index contributed by atoms with van der Waals surface area (Å²) >= 11 is 0. The number of amides is 1. The van der Waals surface area contributed by atoms with Crippen LogP contribution in [0.3, 0.4) is 0 Å². The minimum Gasteiger partial charge on any atom is -0.409 e. The van der Waals surface area contributed by atoms with E-state index in [4.69, 9.17) is 15.7 Å². The summed E-state index contributed by atoms with van der Waals surface area (Å²) in [6.07, 6.45) is 3.46. The molecule has 2 fully saturated rings. The Morgan fingerprint density at radius 3 is 2.74 bits per heavy atom. The van der Waals surface area contributed by atoms with Crippen molar-refractivity contribution >= 4 is 11.7 Å². The maximum absolute atomic E-state index is 12.6. The lowest BCUT2D eigenvalue weighted by atomic mass is 9.61. The Balaban J connectivity index is 2.03. The molecular formula is C13H23N3O3. The molecule has 1 amide bonds. The fourth-order valence-corrected chi connectivity index (χ4v) is 3.26. The van der Waals surface area contributed by atoms with Crippen LogP contribution in [0.5, 0.6) is 0 Å². The van der Waals surface area contributed by atoms with E-state index in [2.05, 4.69) is 12.1 Å². The molecule has 2 rings (SSSR count). The maximum atomic E-state index is 12.6. The molecule has 1 saturated heterocycles. The van der Waals surface area contributed by atoms with Crippen LogP contribution in [-0.4, -0.2) is 48.2 Å². The third-order valence-corrected chi connectivity index (χ3v) is 4.25. The van der Waals surface area contributed by atoms with Crippen LogP contribution >= 0.6 is 0 Å². The first kappa shape index (κ1) is 14.1. The number of nitrogens with two attached hydrogens (primary N) is 1. The molecule has 0 aromatic carbocycles. The van der Waals surface area contributed by atoms with E-state index >= 15 is 0 Å². The molecule has 2 aliphatic rings. The van der Waals surface area contributed by atoms with Gasteiger partial charge in [0.25, 0.3) is 0 Å². The zero-order valence-electron chi connectivity index (χ0n) is 11.6. The molecule has 1 unspecified atom stereocenters. The van der Waals surface area contributed by atoms with Crippen molar-refractivity contribution in [2.24, 2.45) is 22.2 Å². The van der Waals surface area contributed by atoms with Crippen molar-refractivity contribution in [3.05, 3.63) is 0 Å². The second kappa shape index (κ2) is 5.36.